The van der Waals surface area contributed by atoms with Crippen molar-refractivity contribution in [2.24, 2.45) is 0 Å². The number of hydrogen-bond donors (Lipinski definition) is 2. The first kappa shape index (κ1) is 20.0. The summed E-state index contributed by atoms with van der Waals surface area (Å²) < 4.78 is 6.56. The highest BCUT2D eigenvalue weighted by Crippen LogP contribution is 2.21. The van der Waals surface area contributed by atoms with Gasteiger partial charge in [0, 0.05) is 17.1 Å². The van der Waals surface area contributed by atoms with Gasteiger partial charge in [0.15, 0.2) is 5.82 Å². The van der Waals surface area contributed by atoms with Crippen LogP contribution in [0.5, 0.6) is 5.75 Å². The van der Waals surface area contributed by atoms with Gasteiger partial charge in [-0.3, -0.25) is 4.79 Å². The van der Waals surface area contributed by atoms with Crippen LogP contribution in [-0.4, -0.2) is 33.6 Å². The van der Waals surface area contributed by atoms with Crippen molar-refractivity contribution < 1.29 is 9.53 Å². The van der Waals surface area contributed by atoms with E-state index in [-0.39, 0.29) is 11.7 Å². The molecule has 0 aliphatic rings. The monoisotopic (exact) mass is 417 g/mol. The van der Waals surface area contributed by atoms with Crippen LogP contribution in [0.3, 0.4) is 0 Å². The SMILES string of the molecule is COc1ccc(Cc2nnc(SCC(=O)Nc3ccc(C)c(Cl)c3)n2N)cc1. The molecule has 3 N–H and O–H groups in total. The summed E-state index contributed by atoms with van der Waals surface area (Å²) in [7, 11) is 1.62. The molecule has 0 fully saturated rings. The molecule has 1 amide bonds. The molecular formula is C19H20ClN5O2S. The van der Waals surface area contributed by atoms with Crippen LogP contribution in [0.1, 0.15) is 17.0 Å². The maximum Gasteiger partial charge on any atom is 0.234 e. The fraction of sp³-hybridized carbons (Fsp3) is 0.211. The van der Waals surface area contributed by atoms with Gasteiger partial charge in [-0.1, -0.05) is 41.6 Å². The lowest BCUT2D eigenvalue weighted by molar-refractivity contribution is -0.113. The molecule has 2 aromatic carbocycles. The van der Waals surface area contributed by atoms with Crippen molar-refractivity contribution in [1.29, 1.82) is 0 Å². The Morgan fingerprint density at radius 3 is 2.68 bits per heavy atom. The molecule has 7 nitrogen and oxygen atoms in total. The second-order valence-corrected chi connectivity index (χ2v) is 7.44. The van der Waals surface area contributed by atoms with Crippen molar-refractivity contribution in [3.8, 4) is 5.75 Å². The molecular weight excluding hydrogens is 398 g/mol. The second kappa shape index (κ2) is 8.99. The predicted octanol–water partition coefficient (Wildman–Crippen LogP) is 3.28. The standard InChI is InChI=1S/C19H20ClN5O2S/c1-12-3-6-14(10-16(12)20)22-18(26)11-28-19-24-23-17(25(19)21)9-13-4-7-15(27-2)8-5-13/h3-8,10H,9,11,21H2,1-2H3,(H,22,26). The Labute approximate surface area is 172 Å². The molecule has 0 aliphatic heterocycles. The van der Waals surface area contributed by atoms with Gasteiger partial charge in [0.25, 0.3) is 0 Å². The largest absolute Gasteiger partial charge is 0.497 e. The average Bonchev–Trinajstić information content (AvgIpc) is 3.03. The van der Waals surface area contributed by atoms with Crippen LogP contribution in [-0.2, 0) is 11.2 Å². The molecule has 0 unspecified atom stereocenters. The molecule has 0 saturated heterocycles. The van der Waals surface area contributed by atoms with Crippen molar-refractivity contribution in [1.82, 2.24) is 14.9 Å². The maximum absolute atomic E-state index is 12.2. The molecule has 28 heavy (non-hydrogen) atoms. The van der Waals surface area contributed by atoms with E-state index in [0.717, 1.165) is 16.9 Å². The van der Waals surface area contributed by atoms with Gasteiger partial charge in [-0.05, 0) is 42.3 Å². The van der Waals surface area contributed by atoms with Crippen molar-refractivity contribution in [3.05, 3.63) is 64.4 Å². The van der Waals surface area contributed by atoms with Crippen LogP contribution in [0.4, 0.5) is 5.69 Å². The van der Waals surface area contributed by atoms with Crippen LogP contribution in [0.2, 0.25) is 5.02 Å². The molecule has 9 heteroatoms. The average molecular weight is 418 g/mol. The van der Waals surface area contributed by atoms with Crippen LogP contribution in [0.25, 0.3) is 0 Å². The number of nitrogen functional groups attached to an aromatic ring is 1. The summed E-state index contributed by atoms with van der Waals surface area (Å²) in [5, 5.41) is 12.1. The molecule has 0 saturated carbocycles. The minimum Gasteiger partial charge on any atom is -0.497 e. The number of benzene rings is 2. The molecule has 3 rings (SSSR count). The highest BCUT2D eigenvalue weighted by molar-refractivity contribution is 7.99. The van der Waals surface area contributed by atoms with E-state index >= 15 is 0 Å². The smallest absolute Gasteiger partial charge is 0.234 e. The first-order valence-electron chi connectivity index (χ1n) is 8.47. The van der Waals surface area contributed by atoms with Crippen molar-refractivity contribution in [3.63, 3.8) is 0 Å². The highest BCUT2D eigenvalue weighted by atomic mass is 35.5. The number of amides is 1. The molecule has 1 heterocycles. The summed E-state index contributed by atoms with van der Waals surface area (Å²) in [4.78, 5) is 12.2. The first-order chi connectivity index (χ1) is 13.5. The zero-order valence-corrected chi connectivity index (χ0v) is 17.0. The topological polar surface area (TPSA) is 95.1 Å². The number of aromatic nitrogens is 3. The number of nitrogens with two attached hydrogens (primary N) is 1. The lowest BCUT2D eigenvalue weighted by atomic mass is 10.1. The van der Waals surface area contributed by atoms with E-state index in [1.807, 2.05) is 43.3 Å². The normalized spacial score (nSPS) is 10.7. The van der Waals surface area contributed by atoms with Crippen molar-refractivity contribution in [2.75, 3.05) is 24.0 Å². The Morgan fingerprint density at radius 2 is 2.00 bits per heavy atom. The summed E-state index contributed by atoms with van der Waals surface area (Å²) in [6.07, 6.45) is 0.530. The van der Waals surface area contributed by atoms with E-state index in [9.17, 15) is 4.79 Å². The molecule has 0 atom stereocenters. The first-order valence-corrected chi connectivity index (χ1v) is 9.83. The van der Waals surface area contributed by atoms with Gasteiger partial charge >= 0.3 is 0 Å². The fourth-order valence-corrected chi connectivity index (χ4v) is 3.31. The number of anilines is 1. The summed E-state index contributed by atoms with van der Waals surface area (Å²) in [6, 6.07) is 13.0. The van der Waals surface area contributed by atoms with Crippen molar-refractivity contribution in [2.45, 2.75) is 18.5 Å². The van der Waals surface area contributed by atoms with Gasteiger partial charge in [-0.15, -0.1) is 10.2 Å². The van der Waals surface area contributed by atoms with Crippen LogP contribution >= 0.6 is 23.4 Å². The predicted molar refractivity (Wildman–Crippen MR) is 112 cm³/mol. The van der Waals surface area contributed by atoms with E-state index in [1.165, 1.54) is 16.4 Å². The van der Waals surface area contributed by atoms with Crippen molar-refractivity contribution >= 4 is 35.0 Å². The van der Waals surface area contributed by atoms with Gasteiger partial charge in [0.05, 0.1) is 12.9 Å². The second-order valence-electron chi connectivity index (χ2n) is 6.09. The highest BCUT2D eigenvalue weighted by Gasteiger charge is 2.13. The molecule has 0 bridgehead atoms. The quantitative estimate of drug-likeness (QED) is 0.452. The Kier molecular flexibility index (Phi) is 6.43. The van der Waals surface area contributed by atoms with Crippen LogP contribution in [0.15, 0.2) is 47.6 Å². The number of ether oxygens (including phenoxy) is 1. The Balaban J connectivity index is 1.57. The summed E-state index contributed by atoms with van der Waals surface area (Å²) in [5.74, 6) is 7.46. The molecule has 3 aromatic rings. The third kappa shape index (κ3) is 4.96. The van der Waals surface area contributed by atoms with Gasteiger partial charge in [-0.25, -0.2) is 4.68 Å². The zero-order valence-electron chi connectivity index (χ0n) is 15.5. The van der Waals surface area contributed by atoms with Crippen LogP contribution < -0.4 is 15.9 Å². The van der Waals surface area contributed by atoms with E-state index in [0.29, 0.717) is 28.1 Å². The molecule has 0 radical (unpaired) electrons. The number of carbonyl (C=O) groups is 1. The third-order valence-electron chi connectivity index (χ3n) is 4.04. The minimum absolute atomic E-state index is 0.156. The zero-order chi connectivity index (χ0) is 20.1. The number of thioether (sulfide) groups is 1. The minimum atomic E-state index is -0.176. The number of nitrogens with zero attached hydrogens (tertiary/aromatic N) is 3. The van der Waals surface area contributed by atoms with Crippen LogP contribution in [0, 0.1) is 6.92 Å². The van der Waals surface area contributed by atoms with Gasteiger partial charge in [0.1, 0.15) is 5.75 Å². The number of hydrogen-bond acceptors (Lipinski definition) is 6. The number of nitrogens with one attached hydrogen (secondary N) is 1. The molecule has 0 spiro atoms. The fourth-order valence-electron chi connectivity index (χ4n) is 2.45. The maximum atomic E-state index is 12.2. The number of halogens is 1. The van der Waals surface area contributed by atoms with E-state index < -0.39 is 0 Å². The number of methoxy groups -OCH3 is 1. The number of aryl methyl sites for hydroxylation is 1. The Bertz CT molecular complexity index is 975. The lowest BCUT2D eigenvalue weighted by Crippen LogP contribution is -2.17. The molecule has 0 aliphatic carbocycles. The third-order valence-corrected chi connectivity index (χ3v) is 5.39. The lowest BCUT2D eigenvalue weighted by Gasteiger charge is -2.07. The number of rotatable bonds is 7. The summed E-state index contributed by atoms with van der Waals surface area (Å²) in [5.41, 5.74) is 2.63. The molecule has 146 valence electrons. The summed E-state index contributed by atoms with van der Waals surface area (Å²) >= 11 is 7.29. The molecule has 1 aromatic heterocycles. The van der Waals surface area contributed by atoms with Gasteiger partial charge in [0.2, 0.25) is 11.1 Å². The Hall–Kier alpha value is -2.71. The van der Waals surface area contributed by atoms with E-state index in [1.54, 1.807) is 13.2 Å². The number of carbonyl (C=O) groups excluding carboxylic acids is 1. The van der Waals surface area contributed by atoms with E-state index in [4.69, 9.17) is 22.2 Å². The van der Waals surface area contributed by atoms with Gasteiger partial charge in [-0.2, -0.15) is 0 Å². The van der Waals surface area contributed by atoms with E-state index in [2.05, 4.69) is 15.5 Å². The summed E-state index contributed by atoms with van der Waals surface area (Å²) in [6.45, 7) is 1.90. The van der Waals surface area contributed by atoms with Gasteiger partial charge < -0.3 is 15.9 Å². The Morgan fingerprint density at radius 1 is 1.25 bits per heavy atom.